The van der Waals surface area contributed by atoms with Gasteiger partial charge in [0.15, 0.2) is 0 Å². The number of ether oxygens (including phenoxy) is 2. The lowest BCUT2D eigenvalue weighted by atomic mass is 10.2. The van der Waals surface area contributed by atoms with Gasteiger partial charge >= 0.3 is 12.2 Å². The van der Waals surface area contributed by atoms with Crippen LogP contribution in [-0.2, 0) is 9.47 Å². The third-order valence-electron chi connectivity index (χ3n) is 4.74. The second-order valence-corrected chi connectivity index (χ2v) is 9.98. The molecule has 8 nitrogen and oxygen atoms in total. The maximum Gasteiger partial charge on any atom is 0.410 e. The van der Waals surface area contributed by atoms with E-state index in [0.717, 1.165) is 51.9 Å². The molecule has 0 aromatic heterocycles. The number of nitrogens with zero attached hydrogens (tertiary/aromatic N) is 3. The van der Waals surface area contributed by atoms with Crippen LogP contribution in [0.15, 0.2) is 0 Å². The molecule has 2 N–H and O–H groups in total. The summed E-state index contributed by atoms with van der Waals surface area (Å²) >= 11 is 0. The largest absolute Gasteiger partial charge is 0.444 e. The Morgan fingerprint density at radius 1 is 0.700 bits per heavy atom. The van der Waals surface area contributed by atoms with Crippen molar-refractivity contribution in [1.29, 1.82) is 0 Å². The Balaban J connectivity index is 2.80. The Morgan fingerprint density at radius 2 is 1.10 bits per heavy atom. The molecule has 0 spiro atoms. The van der Waals surface area contributed by atoms with E-state index in [1.807, 2.05) is 41.5 Å². The van der Waals surface area contributed by atoms with Crippen molar-refractivity contribution in [2.45, 2.75) is 78.4 Å². The average Bonchev–Trinajstić information content (AvgIpc) is 2.69. The standard InChI is InChI=1S/C22H44N4O4/c1-21(2,3)29-19(27)25-15-13-24(12-10-8-7-9-11-23)14-16-26(18-17-25)20(28)30-22(4,5)6/h7-18,23H2,1-6H3. The number of amides is 2. The van der Waals surface area contributed by atoms with Crippen molar-refractivity contribution in [2.75, 3.05) is 52.4 Å². The maximum atomic E-state index is 12.7. The molecule has 0 unspecified atom stereocenters. The molecule has 2 amide bonds. The van der Waals surface area contributed by atoms with E-state index in [2.05, 4.69) is 4.90 Å². The van der Waals surface area contributed by atoms with E-state index in [1.165, 1.54) is 0 Å². The van der Waals surface area contributed by atoms with Crippen LogP contribution in [0.5, 0.6) is 0 Å². The number of rotatable bonds is 6. The fraction of sp³-hybridized carbons (Fsp3) is 0.909. The van der Waals surface area contributed by atoms with Gasteiger partial charge in [-0.3, -0.25) is 4.90 Å². The third-order valence-corrected chi connectivity index (χ3v) is 4.74. The summed E-state index contributed by atoms with van der Waals surface area (Å²) in [7, 11) is 0. The smallest absolute Gasteiger partial charge is 0.410 e. The van der Waals surface area contributed by atoms with Crippen LogP contribution in [0.2, 0.25) is 0 Å². The molecule has 0 aromatic carbocycles. The van der Waals surface area contributed by atoms with Crippen molar-refractivity contribution >= 4 is 12.2 Å². The Morgan fingerprint density at radius 3 is 1.50 bits per heavy atom. The summed E-state index contributed by atoms with van der Waals surface area (Å²) in [6, 6.07) is 0. The normalized spacial score (nSPS) is 17.2. The van der Waals surface area contributed by atoms with Crippen LogP contribution in [-0.4, -0.2) is 90.4 Å². The average molecular weight is 429 g/mol. The first kappa shape index (κ1) is 26.5. The molecule has 0 aromatic rings. The van der Waals surface area contributed by atoms with Crippen molar-refractivity contribution in [2.24, 2.45) is 5.73 Å². The number of carbonyl (C=O) groups excluding carboxylic acids is 2. The van der Waals surface area contributed by atoms with Crippen LogP contribution in [0, 0.1) is 0 Å². The first-order valence-electron chi connectivity index (χ1n) is 11.3. The van der Waals surface area contributed by atoms with Gasteiger partial charge in [-0.1, -0.05) is 12.8 Å². The third kappa shape index (κ3) is 11.6. The number of carbonyl (C=O) groups is 2. The summed E-state index contributed by atoms with van der Waals surface area (Å²) in [6.45, 7) is 16.4. The van der Waals surface area contributed by atoms with Gasteiger partial charge in [0.05, 0.1) is 0 Å². The zero-order chi connectivity index (χ0) is 22.8. The molecule has 0 aliphatic carbocycles. The summed E-state index contributed by atoms with van der Waals surface area (Å²) in [4.78, 5) is 31.1. The lowest BCUT2D eigenvalue weighted by Gasteiger charge is -2.30. The molecular formula is C22H44N4O4. The van der Waals surface area contributed by atoms with Crippen LogP contribution >= 0.6 is 0 Å². The first-order chi connectivity index (χ1) is 13.9. The maximum absolute atomic E-state index is 12.7. The lowest BCUT2D eigenvalue weighted by molar-refractivity contribution is 0.0154. The molecule has 0 radical (unpaired) electrons. The number of nitrogens with two attached hydrogens (primary N) is 1. The van der Waals surface area contributed by atoms with Crippen LogP contribution < -0.4 is 5.73 Å². The molecule has 0 atom stereocenters. The highest BCUT2D eigenvalue weighted by Crippen LogP contribution is 2.14. The highest BCUT2D eigenvalue weighted by atomic mass is 16.6. The Labute approximate surface area is 183 Å². The Hall–Kier alpha value is -1.54. The monoisotopic (exact) mass is 428 g/mol. The number of hydrogen-bond donors (Lipinski definition) is 1. The van der Waals surface area contributed by atoms with E-state index < -0.39 is 11.2 Å². The van der Waals surface area contributed by atoms with Gasteiger partial charge in [-0.05, 0) is 67.5 Å². The molecule has 1 aliphatic rings. The van der Waals surface area contributed by atoms with E-state index in [9.17, 15) is 9.59 Å². The lowest BCUT2D eigenvalue weighted by Crippen LogP contribution is -2.44. The molecule has 0 bridgehead atoms. The summed E-state index contributed by atoms with van der Waals surface area (Å²) in [6.07, 6.45) is 3.74. The molecule has 8 heteroatoms. The quantitative estimate of drug-likeness (QED) is 0.653. The molecule has 1 heterocycles. The van der Waals surface area contributed by atoms with Gasteiger partial charge in [-0.15, -0.1) is 0 Å². The second-order valence-electron chi connectivity index (χ2n) is 9.98. The van der Waals surface area contributed by atoms with Crippen molar-refractivity contribution < 1.29 is 19.1 Å². The van der Waals surface area contributed by atoms with E-state index in [0.29, 0.717) is 26.2 Å². The van der Waals surface area contributed by atoms with E-state index in [-0.39, 0.29) is 12.2 Å². The highest BCUT2D eigenvalue weighted by Gasteiger charge is 2.27. The molecule has 1 fully saturated rings. The first-order valence-corrected chi connectivity index (χ1v) is 11.3. The summed E-state index contributed by atoms with van der Waals surface area (Å²) in [5.74, 6) is 0. The molecule has 0 saturated carbocycles. The van der Waals surface area contributed by atoms with Crippen LogP contribution in [0.1, 0.15) is 67.2 Å². The summed E-state index contributed by atoms with van der Waals surface area (Å²) in [5.41, 5.74) is 4.47. The topological polar surface area (TPSA) is 88.3 Å². The molecular weight excluding hydrogens is 384 g/mol. The molecule has 30 heavy (non-hydrogen) atoms. The van der Waals surface area contributed by atoms with E-state index in [4.69, 9.17) is 15.2 Å². The minimum Gasteiger partial charge on any atom is -0.444 e. The molecule has 1 aliphatic heterocycles. The zero-order valence-electron chi connectivity index (χ0n) is 20.0. The van der Waals surface area contributed by atoms with Gasteiger partial charge in [0.2, 0.25) is 0 Å². The van der Waals surface area contributed by atoms with Crippen molar-refractivity contribution in [3.8, 4) is 0 Å². The SMILES string of the molecule is CC(C)(C)OC(=O)N1CCN(CCCCCCN)CCN(C(=O)OC(C)(C)C)CC1. The summed E-state index contributed by atoms with van der Waals surface area (Å²) in [5, 5.41) is 0. The van der Waals surface area contributed by atoms with Gasteiger partial charge in [0.1, 0.15) is 11.2 Å². The number of unbranched alkanes of at least 4 members (excludes halogenated alkanes) is 3. The molecule has 1 rings (SSSR count). The van der Waals surface area contributed by atoms with Gasteiger partial charge in [-0.2, -0.15) is 0 Å². The summed E-state index contributed by atoms with van der Waals surface area (Å²) < 4.78 is 11.1. The predicted molar refractivity (Wildman–Crippen MR) is 120 cm³/mol. The fourth-order valence-corrected chi connectivity index (χ4v) is 3.18. The van der Waals surface area contributed by atoms with E-state index in [1.54, 1.807) is 9.80 Å². The van der Waals surface area contributed by atoms with E-state index >= 15 is 0 Å². The Kier molecular flexibility index (Phi) is 10.9. The van der Waals surface area contributed by atoms with Crippen molar-refractivity contribution in [3.63, 3.8) is 0 Å². The van der Waals surface area contributed by atoms with Gasteiger partial charge in [-0.25, -0.2) is 9.59 Å². The molecule has 176 valence electrons. The highest BCUT2D eigenvalue weighted by molar-refractivity contribution is 5.69. The Bertz CT molecular complexity index is 488. The van der Waals surface area contributed by atoms with Gasteiger partial charge in [0, 0.05) is 39.3 Å². The molecule has 1 saturated heterocycles. The van der Waals surface area contributed by atoms with Gasteiger partial charge < -0.3 is 25.0 Å². The second kappa shape index (κ2) is 12.3. The predicted octanol–water partition coefficient (Wildman–Crippen LogP) is 3.30. The minimum absolute atomic E-state index is 0.337. The van der Waals surface area contributed by atoms with Crippen molar-refractivity contribution in [1.82, 2.24) is 14.7 Å². The minimum atomic E-state index is -0.553. The van der Waals surface area contributed by atoms with Gasteiger partial charge in [0.25, 0.3) is 0 Å². The van der Waals surface area contributed by atoms with Crippen molar-refractivity contribution in [3.05, 3.63) is 0 Å². The fourth-order valence-electron chi connectivity index (χ4n) is 3.18. The van der Waals surface area contributed by atoms with Crippen LogP contribution in [0.25, 0.3) is 0 Å². The van der Waals surface area contributed by atoms with Crippen LogP contribution in [0.4, 0.5) is 9.59 Å². The number of hydrogen-bond acceptors (Lipinski definition) is 6. The zero-order valence-corrected chi connectivity index (χ0v) is 20.0. The van der Waals surface area contributed by atoms with Crippen LogP contribution in [0.3, 0.4) is 0 Å².